The van der Waals surface area contributed by atoms with Gasteiger partial charge in [0.1, 0.15) is 0 Å². The van der Waals surface area contributed by atoms with Crippen LogP contribution in [-0.2, 0) is 10.0 Å². The first-order valence-corrected chi connectivity index (χ1v) is 9.49. The molecule has 1 N–H and O–H groups in total. The molecule has 0 aromatic rings. The summed E-state index contributed by atoms with van der Waals surface area (Å²) < 4.78 is 26.6. The highest BCUT2D eigenvalue weighted by atomic mass is 32.2. The van der Waals surface area contributed by atoms with Crippen molar-refractivity contribution in [2.45, 2.75) is 38.6 Å². The zero-order chi connectivity index (χ0) is 14.6. The van der Waals surface area contributed by atoms with Gasteiger partial charge in [-0.15, -0.1) is 0 Å². The molecular formula is C14H29N3O2S. The summed E-state index contributed by atoms with van der Waals surface area (Å²) in [6, 6.07) is 0.215. The first kappa shape index (κ1) is 16.2. The van der Waals surface area contributed by atoms with E-state index in [2.05, 4.69) is 17.1 Å². The van der Waals surface area contributed by atoms with Crippen LogP contribution in [0, 0.1) is 5.92 Å². The first-order valence-electron chi connectivity index (χ1n) is 7.88. The lowest BCUT2D eigenvalue weighted by Crippen LogP contribution is -2.47. The Labute approximate surface area is 123 Å². The highest BCUT2D eigenvalue weighted by molar-refractivity contribution is 7.89. The quantitative estimate of drug-likeness (QED) is 0.814. The maximum Gasteiger partial charge on any atom is 0.215 e. The summed E-state index contributed by atoms with van der Waals surface area (Å²) in [5, 5.41) is 3.29. The van der Waals surface area contributed by atoms with Crippen LogP contribution in [0.15, 0.2) is 0 Å². The Kier molecular flexibility index (Phi) is 5.84. The largest absolute Gasteiger partial charge is 0.314 e. The van der Waals surface area contributed by atoms with Crippen LogP contribution < -0.4 is 5.32 Å². The lowest BCUT2D eigenvalue weighted by Gasteiger charge is -2.34. The summed E-state index contributed by atoms with van der Waals surface area (Å²) in [4.78, 5) is 2.24. The summed E-state index contributed by atoms with van der Waals surface area (Å²) in [5.74, 6) is 0.911. The molecule has 2 atom stereocenters. The van der Waals surface area contributed by atoms with Gasteiger partial charge in [-0.1, -0.05) is 19.8 Å². The number of hydrogen-bond donors (Lipinski definition) is 1. The SMILES string of the molecule is CC1CCCC(N(C)S(=O)(=O)CCN2CCNCC2)C1. The van der Waals surface area contributed by atoms with Gasteiger partial charge in [0.15, 0.2) is 0 Å². The fourth-order valence-electron chi connectivity index (χ4n) is 3.28. The van der Waals surface area contributed by atoms with E-state index < -0.39 is 10.0 Å². The number of nitrogens with one attached hydrogen (secondary N) is 1. The van der Waals surface area contributed by atoms with Crippen LogP contribution in [0.25, 0.3) is 0 Å². The Balaban J connectivity index is 1.84. The Hall–Kier alpha value is -0.170. The van der Waals surface area contributed by atoms with E-state index in [9.17, 15) is 8.42 Å². The van der Waals surface area contributed by atoms with E-state index in [1.165, 1.54) is 6.42 Å². The number of rotatable bonds is 5. The second kappa shape index (κ2) is 7.20. The summed E-state index contributed by atoms with van der Waals surface area (Å²) in [6.07, 6.45) is 4.44. The normalized spacial score (nSPS) is 29.8. The molecule has 0 bridgehead atoms. The fraction of sp³-hybridized carbons (Fsp3) is 1.00. The molecule has 1 saturated heterocycles. The van der Waals surface area contributed by atoms with Gasteiger partial charge in [-0.3, -0.25) is 4.90 Å². The van der Waals surface area contributed by atoms with E-state index in [1.54, 1.807) is 11.4 Å². The van der Waals surface area contributed by atoms with E-state index in [1.807, 2.05) is 0 Å². The van der Waals surface area contributed by atoms with Crippen molar-refractivity contribution in [3.8, 4) is 0 Å². The number of sulfonamides is 1. The van der Waals surface area contributed by atoms with Crippen molar-refractivity contribution in [2.75, 3.05) is 45.5 Å². The molecule has 1 saturated carbocycles. The summed E-state index contributed by atoms with van der Waals surface area (Å²) >= 11 is 0. The maximum absolute atomic E-state index is 12.5. The van der Waals surface area contributed by atoms with Gasteiger partial charge < -0.3 is 5.32 Å². The first-order chi connectivity index (χ1) is 9.49. The lowest BCUT2D eigenvalue weighted by molar-refractivity contribution is 0.233. The minimum absolute atomic E-state index is 0.215. The molecule has 2 rings (SSSR count). The third kappa shape index (κ3) is 4.41. The van der Waals surface area contributed by atoms with Crippen LogP contribution in [0.5, 0.6) is 0 Å². The summed E-state index contributed by atoms with van der Waals surface area (Å²) in [5.41, 5.74) is 0. The monoisotopic (exact) mass is 303 g/mol. The fourth-order valence-corrected chi connectivity index (χ4v) is 4.71. The molecule has 118 valence electrons. The standard InChI is InChI=1S/C14H29N3O2S/c1-13-4-3-5-14(12-13)16(2)20(18,19)11-10-17-8-6-15-7-9-17/h13-15H,3-12H2,1-2H3. The zero-order valence-electron chi connectivity index (χ0n) is 12.8. The highest BCUT2D eigenvalue weighted by Crippen LogP contribution is 2.28. The molecule has 0 amide bonds. The lowest BCUT2D eigenvalue weighted by atomic mass is 9.87. The van der Waals surface area contributed by atoms with Gasteiger partial charge in [0.25, 0.3) is 0 Å². The second-order valence-corrected chi connectivity index (χ2v) is 8.50. The molecule has 0 spiro atoms. The van der Waals surface area contributed by atoms with Crippen molar-refractivity contribution in [1.29, 1.82) is 0 Å². The molecule has 0 aromatic heterocycles. The topological polar surface area (TPSA) is 52.7 Å². The van der Waals surface area contributed by atoms with Crippen LogP contribution >= 0.6 is 0 Å². The average Bonchev–Trinajstić information content (AvgIpc) is 2.45. The maximum atomic E-state index is 12.5. The van der Waals surface area contributed by atoms with E-state index in [-0.39, 0.29) is 11.8 Å². The molecule has 1 aliphatic heterocycles. The minimum Gasteiger partial charge on any atom is -0.314 e. The zero-order valence-corrected chi connectivity index (χ0v) is 13.7. The third-order valence-electron chi connectivity index (χ3n) is 4.74. The van der Waals surface area contributed by atoms with Crippen molar-refractivity contribution < 1.29 is 8.42 Å². The van der Waals surface area contributed by atoms with Crippen molar-refractivity contribution in [3.63, 3.8) is 0 Å². The van der Waals surface area contributed by atoms with Crippen molar-refractivity contribution >= 4 is 10.0 Å². The third-order valence-corrected chi connectivity index (χ3v) is 6.61. The van der Waals surface area contributed by atoms with Crippen molar-refractivity contribution in [2.24, 2.45) is 5.92 Å². The van der Waals surface area contributed by atoms with Crippen molar-refractivity contribution in [1.82, 2.24) is 14.5 Å². The number of hydrogen-bond acceptors (Lipinski definition) is 4. The number of nitrogens with zero attached hydrogens (tertiary/aromatic N) is 2. The van der Waals surface area contributed by atoms with E-state index in [0.717, 1.165) is 45.4 Å². The summed E-state index contributed by atoms with van der Waals surface area (Å²) in [6.45, 7) is 6.75. The molecule has 1 heterocycles. The van der Waals surface area contributed by atoms with Gasteiger partial charge in [-0.25, -0.2) is 12.7 Å². The van der Waals surface area contributed by atoms with E-state index >= 15 is 0 Å². The molecule has 0 radical (unpaired) electrons. The Morgan fingerprint density at radius 2 is 1.95 bits per heavy atom. The smallest absolute Gasteiger partial charge is 0.215 e. The molecular weight excluding hydrogens is 274 g/mol. The van der Waals surface area contributed by atoms with Crippen LogP contribution in [0.2, 0.25) is 0 Å². The summed E-state index contributed by atoms with van der Waals surface area (Å²) in [7, 11) is -1.34. The van der Waals surface area contributed by atoms with Gasteiger partial charge in [-0.2, -0.15) is 0 Å². The van der Waals surface area contributed by atoms with Gasteiger partial charge in [0.2, 0.25) is 10.0 Å². The Morgan fingerprint density at radius 3 is 2.60 bits per heavy atom. The molecule has 0 aromatic carbocycles. The van der Waals surface area contributed by atoms with Gasteiger partial charge in [-0.05, 0) is 18.8 Å². The molecule has 1 aliphatic carbocycles. The van der Waals surface area contributed by atoms with Gasteiger partial charge in [0.05, 0.1) is 5.75 Å². The van der Waals surface area contributed by atoms with Crippen molar-refractivity contribution in [3.05, 3.63) is 0 Å². The van der Waals surface area contributed by atoms with Crippen LogP contribution in [0.4, 0.5) is 0 Å². The van der Waals surface area contributed by atoms with Crippen LogP contribution in [0.3, 0.4) is 0 Å². The predicted molar refractivity (Wildman–Crippen MR) is 82.3 cm³/mol. The Bertz CT molecular complexity index is 393. The molecule has 2 aliphatic rings. The second-order valence-electron chi connectivity index (χ2n) is 6.35. The van der Waals surface area contributed by atoms with Crippen LogP contribution in [-0.4, -0.2) is 69.2 Å². The number of piperazine rings is 1. The molecule has 2 fully saturated rings. The average molecular weight is 303 g/mol. The molecule has 6 heteroatoms. The molecule has 2 unspecified atom stereocenters. The molecule has 5 nitrogen and oxygen atoms in total. The predicted octanol–water partition coefficient (Wildman–Crippen LogP) is 0.732. The van der Waals surface area contributed by atoms with E-state index in [0.29, 0.717) is 12.5 Å². The Morgan fingerprint density at radius 1 is 1.25 bits per heavy atom. The van der Waals surface area contributed by atoms with Crippen LogP contribution in [0.1, 0.15) is 32.6 Å². The van der Waals surface area contributed by atoms with Gasteiger partial charge in [0, 0.05) is 45.8 Å². The highest BCUT2D eigenvalue weighted by Gasteiger charge is 2.30. The van der Waals surface area contributed by atoms with Gasteiger partial charge >= 0.3 is 0 Å². The van der Waals surface area contributed by atoms with E-state index in [4.69, 9.17) is 0 Å². The molecule has 20 heavy (non-hydrogen) atoms. The minimum atomic E-state index is -3.11.